The Bertz CT molecular complexity index is 1020. The van der Waals surface area contributed by atoms with Crippen LogP contribution >= 0.6 is 0 Å². The summed E-state index contributed by atoms with van der Waals surface area (Å²) in [7, 11) is 1.67. The zero-order valence-corrected chi connectivity index (χ0v) is 15.0. The van der Waals surface area contributed by atoms with E-state index < -0.39 is 12.0 Å². The van der Waals surface area contributed by atoms with Crippen molar-refractivity contribution in [3.63, 3.8) is 0 Å². The lowest BCUT2D eigenvalue weighted by Gasteiger charge is -2.18. The quantitative estimate of drug-likeness (QED) is 0.668. The van der Waals surface area contributed by atoms with Crippen molar-refractivity contribution in [3.8, 4) is 0 Å². The summed E-state index contributed by atoms with van der Waals surface area (Å²) in [5.74, 6) is -1.26. The van der Waals surface area contributed by atoms with Crippen LogP contribution in [0.5, 0.6) is 0 Å². The lowest BCUT2D eigenvalue weighted by Crippen LogP contribution is -2.35. The Morgan fingerprint density at radius 2 is 1.67 bits per heavy atom. The van der Waals surface area contributed by atoms with E-state index in [1.165, 1.54) is 9.13 Å². The first-order valence-electron chi connectivity index (χ1n) is 8.67. The number of rotatable bonds is 7. The molecular weight excluding hydrogens is 346 g/mol. The number of para-hydroxylation sites is 2. The van der Waals surface area contributed by atoms with Crippen LogP contribution in [-0.4, -0.2) is 26.1 Å². The van der Waals surface area contributed by atoms with Crippen LogP contribution in [0.1, 0.15) is 24.4 Å². The number of hydrogen-bond acceptors (Lipinski definition) is 3. The maximum absolute atomic E-state index is 12.6. The Morgan fingerprint density at radius 1 is 1.04 bits per heavy atom. The van der Waals surface area contributed by atoms with Crippen LogP contribution in [0.2, 0.25) is 0 Å². The fourth-order valence-corrected chi connectivity index (χ4v) is 3.17. The van der Waals surface area contributed by atoms with Crippen LogP contribution in [0.4, 0.5) is 0 Å². The zero-order chi connectivity index (χ0) is 19.4. The van der Waals surface area contributed by atoms with Gasteiger partial charge in [-0.15, -0.1) is 0 Å². The molecule has 0 saturated heterocycles. The average molecular weight is 367 g/mol. The predicted molar refractivity (Wildman–Crippen MR) is 101 cm³/mol. The van der Waals surface area contributed by atoms with E-state index in [0.717, 1.165) is 11.1 Å². The minimum Gasteiger partial charge on any atom is -0.481 e. The molecular formula is C20H21N3O4. The van der Waals surface area contributed by atoms with E-state index in [1.807, 2.05) is 48.5 Å². The van der Waals surface area contributed by atoms with Gasteiger partial charge >= 0.3 is 11.7 Å². The van der Waals surface area contributed by atoms with E-state index in [0.29, 0.717) is 5.52 Å². The second kappa shape index (κ2) is 7.90. The van der Waals surface area contributed by atoms with Gasteiger partial charge in [0, 0.05) is 13.5 Å². The molecule has 0 saturated carbocycles. The molecule has 0 fully saturated rings. The fourth-order valence-electron chi connectivity index (χ4n) is 3.17. The van der Waals surface area contributed by atoms with Crippen LogP contribution in [0, 0.1) is 0 Å². The molecule has 0 radical (unpaired) electrons. The minimum atomic E-state index is -0.921. The normalized spacial score (nSPS) is 12.0. The number of carbonyl (C=O) groups is 2. The maximum atomic E-state index is 12.6. The van der Waals surface area contributed by atoms with Crippen LogP contribution in [0.25, 0.3) is 11.0 Å². The number of amides is 1. The van der Waals surface area contributed by atoms with Gasteiger partial charge in [0.25, 0.3) is 0 Å². The number of aryl methyl sites for hydroxylation is 1. The Balaban J connectivity index is 1.82. The standard InChI is InChI=1S/C20H21N3O4/c1-22-16-9-5-6-10-17(16)23(20(22)27)13-18(24)21-15(11-12-19(25)26)14-7-3-2-4-8-14/h2-10,15H,11-13H2,1H3,(H,21,24)(H,25,26). The molecule has 3 rings (SSSR count). The van der Waals surface area contributed by atoms with E-state index in [1.54, 1.807) is 13.1 Å². The summed E-state index contributed by atoms with van der Waals surface area (Å²) in [6.45, 7) is -0.128. The first-order chi connectivity index (χ1) is 13.0. The first-order valence-corrected chi connectivity index (χ1v) is 8.67. The van der Waals surface area contributed by atoms with Crippen molar-refractivity contribution in [2.24, 2.45) is 7.05 Å². The second-order valence-corrected chi connectivity index (χ2v) is 6.38. The van der Waals surface area contributed by atoms with Gasteiger partial charge in [0.1, 0.15) is 6.54 Å². The summed E-state index contributed by atoms with van der Waals surface area (Å²) < 4.78 is 2.92. The molecule has 1 heterocycles. The number of benzene rings is 2. The third-order valence-electron chi connectivity index (χ3n) is 4.54. The molecule has 2 N–H and O–H groups in total. The van der Waals surface area contributed by atoms with E-state index in [-0.39, 0.29) is 31.0 Å². The molecule has 0 aliphatic carbocycles. The van der Waals surface area contributed by atoms with Gasteiger partial charge in [0.15, 0.2) is 0 Å². The largest absolute Gasteiger partial charge is 0.481 e. The highest BCUT2D eigenvalue weighted by Crippen LogP contribution is 2.18. The third kappa shape index (κ3) is 4.08. The highest BCUT2D eigenvalue weighted by atomic mass is 16.4. The van der Waals surface area contributed by atoms with Crippen molar-refractivity contribution in [3.05, 3.63) is 70.6 Å². The van der Waals surface area contributed by atoms with Gasteiger partial charge in [-0.05, 0) is 24.1 Å². The van der Waals surface area contributed by atoms with Crippen LogP contribution in [-0.2, 0) is 23.2 Å². The number of nitrogens with one attached hydrogen (secondary N) is 1. The lowest BCUT2D eigenvalue weighted by atomic mass is 10.0. The molecule has 1 unspecified atom stereocenters. The van der Waals surface area contributed by atoms with Crippen molar-refractivity contribution in [2.75, 3.05) is 0 Å². The minimum absolute atomic E-state index is 0.0615. The highest BCUT2D eigenvalue weighted by Gasteiger charge is 2.18. The molecule has 0 bridgehead atoms. The number of nitrogens with zero attached hydrogens (tertiary/aromatic N) is 2. The number of aromatic nitrogens is 2. The van der Waals surface area contributed by atoms with Gasteiger partial charge < -0.3 is 10.4 Å². The number of imidazole rings is 1. The third-order valence-corrected chi connectivity index (χ3v) is 4.54. The van der Waals surface area contributed by atoms with Gasteiger partial charge in [0.2, 0.25) is 5.91 Å². The van der Waals surface area contributed by atoms with Crippen molar-refractivity contribution in [2.45, 2.75) is 25.4 Å². The van der Waals surface area contributed by atoms with Gasteiger partial charge in [-0.1, -0.05) is 42.5 Å². The molecule has 140 valence electrons. The van der Waals surface area contributed by atoms with E-state index in [9.17, 15) is 14.4 Å². The summed E-state index contributed by atoms with van der Waals surface area (Å²) in [6, 6.07) is 16.1. The van der Waals surface area contributed by atoms with E-state index in [2.05, 4.69) is 5.32 Å². The summed E-state index contributed by atoms with van der Waals surface area (Å²) in [5.41, 5.74) is 1.99. The topological polar surface area (TPSA) is 93.3 Å². The number of carbonyl (C=O) groups excluding carboxylic acids is 1. The van der Waals surface area contributed by atoms with Crippen molar-refractivity contribution < 1.29 is 14.7 Å². The summed E-state index contributed by atoms with van der Waals surface area (Å²) in [5, 5.41) is 11.8. The highest BCUT2D eigenvalue weighted by molar-refractivity contribution is 5.81. The number of fused-ring (bicyclic) bond motifs is 1. The molecule has 2 aromatic carbocycles. The van der Waals surface area contributed by atoms with Gasteiger partial charge in [0.05, 0.1) is 17.1 Å². The van der Waals surface area contributed by atoms with Gasteiger partial charge in [-0.2, -0.15) is 0 Å². The molecule has 7 heteroatoms. The van der Waals surface area contributed by atoms with E-state index in [4.69, 9.17) is 5.11 Å². The Hall–Kier alpha value is -3.35. The smallest absolute Gasteiger partial charge is 0.329 e. The zero-order valence-electron chi connectivity index (χ0n) is 15.0. The lowest BCUT2D eigenvalue weighted by molar-refractivity contribution is -0.137. The molecule has 3 aromatic rings. The van der Waals surface area contributed by atoms with Crippen molar-refractivity contribution in [1.29, 1.82) is 0 Å². The number of carboxylic acid groups (broad SMARTS) is 1. The second-order valence-electron chi connectivity index (χ2n) is 6.38. The SMILES string of the molecule is Cn1c(=O)n(CC(=O)NC(CCC(=O)O)c2ccccc2)c2ccccc21. The molecule has 1 atom stereocenters. The van der Waals surface area contributed by atoms with Crippen molar-refractivity contribution in [1.82, 2.24) is 14.5 Å². The molecule has 0 spiro atoms. The Kier molecular flexibility index (Phi) is 5.40. The van der Waals surface area contributed by atoms with Gasteiger partial charge in [-0.3, -0.25) is 18.7 Å². The molecule has 7 nitrogen and oxygen atoms in total. The molecule has 1 amide bonds. The van der Waals surface area contributed by atoms with Crippen LogP contribution in [0.15, 0.2) is 59.4 Å². The molecule has 0 aliphatic rings. The molecule has 1 aromatic heterocycles. The number of aliphatic carboxylic acids is 1. The average Bonchev–Trinajstić information content (AvgIpc) is 2.91. The maximum Gasteiger partial charge on any atom is 0.329 e. The summed E-state index contributed by atoms with van der Waals surface area (Å²) in [4.78, 5) is 36.0. The van der Waals surface area contributed by atoms with Crippen LogP contribution < -0.4 is 11.0 Å². The Morgan fingerprint density at radius 3 is 2.33 bits per heavy atom. The predicted octanol–water partition coefficient (Wildman–Crippen LogP) is 2.06. The van der Waals surface area contributed by atoms with E-state index >= 15 is 0 Å². The molecule has 0 aliphatic heterocycles. The molecule has 27 heavy (non-hydrogen) atoms. The fraction of sp³-hybridized carbons (Fsp3) is 0.250. The number of carboxylic acids is 1. The van der Waals surface area contributed by atoms with Crippen molar-refractivity contribution >= 4 is 22.9 Å². The van der Waals surface area contributed by atoms with Crippen LogP contribution in [0.3, 0.4) is 0 Å². The number of hydrogen-bond donors (Lipinski definition) is 2. The monoisotopic (exact) mass is 367 g/mol. The summed E-state index contributed by atoms with van der Waals surface area (Å²) in [6.07, 6.45) is 0.212. The summed E-state index contributed by atoms with van der Waals surface area (Å²) >= 11 is 0. The Labute approximate surface area is 155 Å². The first kappa shape index (κ1) is 18.4. The van der Waals surface area contributed by atoms with Gasteiger partial charge in [-0.25, -0.2) is 4.79 Å².